The first-order chi connectivity index (χ1) is 13.9. The van der Waals surface area contributed by atoms with Gasteiger partial charge in [-0.1, -0.05) is 18.2 Å². The molecule has 3 N–H and O–H groups in total. The molecule has 3 rings (SSSR count). The number of hydrogen-bond donors (Lipinski definition) is 3. The van der Waals surface area contributed by atoms with Gasteiger partial charge in [-0.3, -0.25) is 19.7 Å². The van der Waals surface area contributed by atoms with E-state index in [9.17, 15) is 19.7 Å². The van der Waals surface area contributed by atoms with Gasteiger partial charge in [0.2, 0.25) is 11.8 Å². The molecule has 0 spiro atoms. The minimum Gasteiger partial charge on any atom is -0.495 e. The quantitative estimate of drug-likeness (QED) is 0.418. The van der Waals surface area contributed by atoms with Crippen LogP contribution in [0.15, 0.2) is 48.7 Å². The summed E-state index contributed by atoms with van der Waals surface area (Å²) in [5.41, 5.74) is 1.75. The molecule has 0 bridgehead atoms. The largest absolute Gasteiger partial charge is 0.495 e. The van der Waals surface area contributed by atoms with E-state index in [-0.39, 0.29) is 29.5 Å². The number of H-pyrrole nitrogens is 1. The van der Waals surface area contributed by atoms with E-state index >= 15 is 0 Å². The Hall–Kier alpha value is -3.88. The number of carbonyl (C=O) groups is 2. The number of rotatable bonds is 7. The van der Waals surface area contributed by atoms with Crippen LogP contribution in [0.3, 0.4) is 0 Å². The highest BCUT2D eigenvalue weighted by Gasteiger charge is 2.23. The number of anilines is 1. The number of hydrogen-bond acceptors (Lipinski definition) is 5. The van der Waals surface area contributed by atoms with Crippen molar-refractivity contribution in [3.63, 3.8) is 0 Å². The van der Waals surface area contributed by atoms with Crippen LogP contribution in [0.4, 0.5) is 11.4 Å². The number of nitrogens with one attached hydrogen (secondary N) is 3. The van der Waals surface area contributed by atoms with Crippen LogP contribution in [0, 0.1) is 10.1 Å². The number of non-ortho nitro benzene ring substituents is 1. The predicted molar refractivity (Wildman–Crippen MR) is 108 cm³/mol. The number of nitro benzene ring substituents is 1. The Morgan fingerprint density at radius 2 is 2.00 bits per heavy atom. The van der Waals surface area contributed by atoms with E-state index in [4.69, 9.17) is 4.74 Å². The SMILES string of the molecule is COc1ccc([N+](=O)[O-])cc1NC(=O)C(Cc1c[nH]c2ccccc12)NC(C)=O. The Bertz CT molecular complexity index is 1080. The summed E-state index contributed by atoms with van der Waals surface area (Å²) in [7, 11) is 1.40. The van der Waals surface area contributed by atoms with Crippen LogP contribution in [-0.2, 0) is 16.0 Å². The summed E-state index contributed by atoms with van der Waals surface area (Å²) in [6, 6.07) is 10.7. The molecular weight excluding hydrogens is 376 g/mol. The fourth-order valence-corrected chi connectivity index (χ4v) is 3.10. The fraction of sp³-hybridized carbons (Fsp3) is 0.200. The molecule has 1 heterocycles. The number of carbonyl (C=O) groups excluding carboxylic acids is 2. The number of aromatic amines is 1. The van der Waals surface area contributed by atoms with Crippen LogP contribution in [-0.4, -0.2) is 34.9 Å². The smallest absolute Gasteiger partial charge is 0.271 e. The van der Waals surface area contributed by atoms with Gasteiger partial charge < -0.3 is 20.4 Å². The molecule has 2 aromatic carbocycles. The van der Waals surface area contributed by atoms with Crippen LogP contribution in [0.5, 0.6) is 5.75 Å². The van der Waals surface area contributed by atoms with Crippen LogP contribution in [0.25, 0.3) is 10.9 Å². The third kappa shape index (κ3) is 4.52. The standard InChI is InChI=1S/C20H20N4O5/c1-12(25)22-18(9-13-11-21-16-6-4-3-5-15(13)16)20(26)23-17-10-14(24(27)28)7-8-19(17)29-2/h3-8,10-11,18,21H,9H2,1-2H3,(H,22,25)(H,23,26). The van der Waals surface area contributed by atoms with Gasteiger partial charge in [-0.05, 0) is 17.7 Å². The Labute approximate surface area is 166 Å². The second kappa shape index (κ2) is 8.42. The second-order valence-corrected chi connectivity index (χ2v) is 6.45. The van der Waals surface area contributed by atoms with E-state index in [1.54, 1.807) is 6.20 Å². The summed E-state index contributed by atoms with van der Waals surface area (Å²) in [6.07, 6.45) is 2.04. The van der Waals surface area contributed by atoms with E-state index in [0.29, 0.717) is 0 Å². The van der Waals surface area contributed by atoms with Crippen molar-refractivity contribution in [1.29, 1.82) is 0 Å². The molecule has 0 aliphatic rings. The van der Waals surface area contributed by atoms with Crippen molar-refractivity contribution in [2.75, 3.05) is 12.4 Å². The van der Waals surface area contributed by atoms with Gasteiger partial charge >= 0.3 is 0 Å². The van der Waals surface area contributed by atoms with Crippen molar-refractivity contribution < 1.29 is 19.2 Å². The maximum Gasteiger partial charge on any atom is 0.271 e. The highest BCUT2D eigenvalue weighted by Crippen LogP contribution is 2.29. The number of nitrogens with zero attached hydrogens (tertiary/aromatic N) is 1. The number of amides is 2. The zero-order valence-corrected chi connectivity index (χ0v) is 15.9. The van der Waals surface area contributed by atoms with Gasteiger partial charge in [0.15, 0.2) is 0 Å². The van der Waals surface area contributed by atoms with Crippen LogP contribution in [0.1, 0.15) is 12.5 Å². The summed E-state index contributed by atoms with van der Waals surface area (Å²) in [5.74, 6) is -0.599. The lowest BCUT2D eigenvalue weighted by Gasteiger charge is -2.18. The van der Waals surface area contributed by atoms with Crippen molar-refractivity contribution in [2.24, 2.45) is 0 Å². The zero-order valence-electron chi connectivity index (χ0n) is 15.9. The molecule has 1 aromatic heterocycles. The van der Waals surface area contributed by atoms with E-state index in [0.717, 1.165) is 16.5 Å². The third-order valence-corrected chi connectivity index (χ3v) is 4.44. The Morgan fingerprint density at radius 1 is 1.24 bits per heavy atom. The van der Waals surface area contributed by atoms with Gasteiger partial charge in [-0.25, -0.2) is 0 Å². The number of benzene rings is 2. The summed E-state index contributed by atoms with van der Waals surface area (Å²) < 4.78 is 5.18. The van der Waals surface area contributed by atoms with E-state index in [1.165, 1.54) is 32.2 Å². The Kier molecular flexibility index (Phi) is 5.77. The van der Waals surface area contributed by atoms with E-state index < -0.39 is 16.9 Å². The third-order valence-electron chi connectivity index (χ3n) is 4.44. The van der Waals surface area contributed by atoms with Crippen molar-refractivity contribution in [3.8, 4) is 5.75 Å². The molecule has 0 aliphatic heterocycles. The average molecular weight is 396 g/mol. The van der Waals surface area contributed by atoms with Crippen LogP contribution < -0.4 is 15.4 Å². The first kappa shape index (κ1) is 19.9. The second-order valence-electron chi connectivity index (χ2n) is 6.45. The molecule has 150 valence electrons. The van der Waals surface area contributed by atoms with Crippen molar-refractivity contribution in [3.05, 3.63) is 64.3 Å². The average Bonchev–Trinajstić information content (AvgIpc) is 3.10. The molecule has 3 aromatic rings. The molecule has 1 unspecified atom stereocenters. The van der Waals surface area contributed by atoms with E-state index in [2.05, 4.69) is 15.6 Å². The van der Waals surface area contributed by atoms with Gasteiger partial charge in [-0.15, -0.1) is 0 Å². The lowest BCUT2D eigenvalue weighted by molar-refractivity contribution is -0.384. The van der Waals surface area contributed by atoms with Crippen molar-refractivity contribution >= 4 is 34.1 Å². The first-order valence-corrected chi connectivity index (χ1v) is 8.84. The molecule has 0 radical (unpaired) electrons. The molecule has 0 aliphatic carbocycles. The molecule has 0 saturated heterocycles. The maximum atomic E-state index is 12.9. The highest BCUT2D eigenvalue weighted by molar-refractivity contribution is 5.99. The molecule has 9 nitrogen and oxygen atoms in total. The summed E-state index contributed by atoms with van der Waals surface area (Å²) in [6.45, 7) is 1.32. The van der Waals surface area contributed by atoms with Gasteiger partial charge in [0.1, 0.15) is 11.8 Å². The Morgan fingerprint density at radius 3 is 2.69 bits per heavy atom. The lowest BCUT2D eigenvalue weighted by Crippen LogP contribution is -2.44. The predicted octanol–water partition coefficient (Wildman–Crippen LogP) is 2.77. The molecule has 29 heavy (non-hydrogen) atoms. The molecule has 9 heteroatoms. The molecule has 0 fully saturated rings. The van der Waals surface area contributed by atoms with Crippen molar-refractivity contribution in [2.45, 2.75) is 19.4 Å². The van der Waals surface area contributed by atoms with E-state index in [1.807, 2.05) is 24.3 Å². The van der Waals surface area contributed by atoms with Crippen LogP contribution >= 0.6 is 0 Å². The van der Waals surface area contributed by atoms with Gasteiger partial charge in [0.05, 0.1) is 17.7 Å². The minimum atomic E-state index is -0.879. The van der Waals surface area contributed by atoms with Crippen molar-refractivity contribution in [1.82, 2.24) is 10.3 Å². The number of para-hydroxylation sites is 1. The minimum absolute atomic E-state index is 0.154. The van der Waals surface area contributed by atoms with Gasteiger partial charge in [0.25, 0.3) is 5.69 Å². The fourth-order valence-electron chi connectivity index (χ4n) is 3.10. The molecular formula is C20H20N4O5. The molecule has 1 atom stereocenters. The molecule has 0 saturated carbocycles. The number of methoxy groups -OCH3 is 1. The number of aromatic nitrogens is 1. The topological polar surface area (TPSA) is 126 Å². The Balaban J connectivity index is 1.87. The molecule has 2 amide bonds. The highest BCUT2D eigenvalue weighted by atomic mass is 16.6. The number of nitro groups is 1. The number of ether oxygens (including phenoxy) is 1. The van der Waals surface area contributed by atoms with Gasteiger partial charge in [0, 0.05) is 42.6 Å². The number of fused-ring (bicyclic) bond motifs is 1. The summed E-state index contributed by atoms with van der Waals surface area (Å²) >= 11 is 0. The first-order valence-electron chi connectivity index (χ1n) is 8.84. The lowest BCUT2D eigenvalue weighted by atomic mass is 10.0. The van der Waals surface area contributed by atoms with Gasteiger partial charge in [-0.2, -0.15) is 0 Å². The van der Waals surface area contributed by atoms with Crippen LogP contribution in [0.2, 0.25) is 0 Å². The monoisotopic (exact) mass is 396 g/mol. The maximum absolute atomic E-state index is 12.9. The zero-order chi connectivity index (χ0) is 21.0. The summed E-state index contributed by atoms with van der Waals surface area (Å²) in [4.78, 5) is 38.2. The summed E-state index contributed by atoms with van der Waals surface area (Å²) in [5, 5.41) is 17.3. The normalized spacial score (nSPS) is 11.7.